The summed E-state index contributed by atoms with van der Waals surface area (Å²) in [4.78, 5) is 2.06. The van der Waals surface area contributed by atoms with Crippen molar-refractivity contribution < 1.29 is 0 Å². The summed E-state index contributed by atoms with van der Waals surface area (Å²) in [6.07, 6.45) is 0. The van der Waals surface area contributed by atoms with Gasteiger partial charge >= 0.3 is 0 Å². The quantitative estimate of drug-likeness (QED) is 0.742. The summed E-state index contributed by atoms with van der Waals surface area (Å²) >= 11 is 0. The fourth-order valence-electron chi connectivity index (χ4n) is 2.76. The molecule has 1 heterocycles. The summed E-state index contributed by atoms with van der Waals surface area (Å²) in [5, 5.41) is 18.6. The van der Waals surface area contributed by atoms with Crippen LogP contribution in [0.1, 0.15) is 16.7 Å². The third kappa shape index (κ3) is 2.06. The Bertz CT molecular complexity index is 803. The smallest absolute Gasteiger partial charge is 0.153 e. The highest BCUT2D eigenvalue weighted by molar-refractivity contribution is 5.90. The molecule has 21 heavy (non-hydrogen) atoms. The molecule has 0 fully saturated rings. The molecule has 0 spiro atoms. The molecule has 0 N–H and O–H groups in total. The molecule has 2 aromatic rings. The average molecular weight is 271 g/mol. The number of allylic oxidation sites excluding steroid dienone is 1. The predicted octanol–water partition coefficient (Wildman–Crippen LogP) is 3.77. The van der Waals surface area contributed by atoms with Gasteiger partial charge in [-0.05, 0) is 24.1 Å². The number of hydrogen-bond donors (Lipinski definition) is 0. The number of rotatable bonds is 1. The minimum absolute atomic E-state index is 0.156. The summed E-state index contributed by atoms with van der Waals surface area (Å²) in [5.74, 6) is 0. The monoisotopic (exact) mass is 271 g/mol. The lowest BCUT2D eigenvalue weighted by molar-refractivity contribution is 1.03. The molecule has 0 amide bonds. The summed E-state index contributed by atoms with van der Waals surface area (Å²) in [6.45, 7) is 2.72. The van der Waals surface area contributed by atoms with Crippen LogP contribution in [0.3, 0.4) is 0 Å². The molecule has 0 aliphatic carbocycles. The van der Waals surface area contributed by atoms with Gasteiger partial charge in [0.25, 0.3) is 0 Å². The van der Waals surface area contributed by atoms with E-state index in [0.29, 0.717) is 12.2 Å². The SMILES string of the molecule is Cc1ccccc1N1Cc2ccccc2C1=C(C#N)C#N. The van der Waals surface area contributed by atoms with Crippen LogP contribution in [0.25, 0.3) is 5.70 Å². The molecular weight excluding hydrogens is 258 g/mol. The Labute approximate surface area is 124 Å². The zero-order valence-electron chi connectivity index (χ0n) is 11.7. The predicted molar refractivity (Wildman–Crippen MR) is 82.0 cm³/mol. The van der Waals surface area contributed by atoms with Crippen LogP contribution in [0.15, 0.2) is 54.1 Å². The van der Waals surface area contributed by atoms with Gasteiger partial charge < -0.3 is 4.90 Å². The molecule has 0 saturated heterocycles. The number of nitrogens with zero attached hydrogens (tertiary/aromatic N) is 3. The van der Waals surface area contributed by atoms with Gasteiger partial charge in [-0.2, -0.15) is 10.5 Å². The normalized spacial score (nSPS) is 12.5. The number of anilines is 1. The molecule has 0 aromatic heterocycles. The van der Waals surface area contributed by atoms with Crippen molar-refractivity contribution in [2.24, 2.45) is 0 Å². The standard InChI is InChI=1S/C18H13N3/c1-13-6-2-5-9-17(13)21-12-14-7-3-4-8-16(14)18(21)15(10-19)11-20/h2-9H,12H2,1H3. The van der Waals surface area contributed by atoms with E-state index in [9.17, 15) is 10.5 Å². The molecule has 100 valence electrons. The molecule has 3 rings (SSSR count). The highest BCUT2D eigenvalue weighted by Crippen LogP contribution is 2.39. The molecule has 0 bridgehead atoms. The Hall–Kier alpha value is -3.04. The Morgan fingerprint density at radius 3 is 2.38 bits per heavy atom. The zero-order chi connectivity index (χ0) is 14.8. The molecular formula is C18H13N3. The van der Waals surface area contributed by atoms with Crippen molar-refractivity contribution in [1.29, 1.82) is 10.5 Å². The molecule has 3 nitrogen and oxygen atoms in total. The second-order valence-corrected chi connectivity index (χ2v) is 4.98. The van der Waals surface area contributed by atoms with Crippen molar-refractivity contribution in [3.05, 3.63) is 70.8 Å². The second kappa shape index (κ2) is 5.15. The van der Waals surface area contributed by atoms with Crippen molar-refractivity contribution in [2.45, 2.75) is 13.5 Å². The largest absolute Gasteiger partial charge is 0.335 e. The first-order valence-corrected chi connectivity index (χ1v) is 6.72. The van der Waals surface area contributed by atoms with Crippen molar-refractivity contribution >= 4 is 11.4 Å². The van der Waals surface area contributed by atoms with Crippen LogP contribution in [-0.2, 0) is 6.54 Å². The van der Waals surface area contributed by atoms with Gasteiger partial charge in [-0.25, -0.2) is 0 Å². The van der Waals surface area contributed by atoms with Crippen molar-refractivity contribution in [3.8, 4) is 12.1 Å². The lowest BCUT2D eigenvalue weighted by atomic mass is 10.1. The van der Waals surface area contributed by atoms with Gasteiger partial charge in [0.1, 0.15) is 12.1 Å². The Morgan fingerprint density at radius 2 is 1.67 bits per heavy atom. The Morgan fingerprint density at radius 1 is 1.00 bits per heavy atom. The molecule has 2 aromatic carbocycles. The number of benzene rings is 2. The minimum Gasteiger partial charge on any atom is -0.335 e. The van der Waals surface area contributed by atoms with Gasteiger partial charge in [0.2, 0.25) is 0 Å². The summed E-state index contributed by atoms with van der Waals surface area (Å²) in [7, 11) is 0. The van der Waals surface area contributed by atoms with E-state index < -0.39 is 0 Å². The van der Waals surface area contributed by atoms with E-state index in [-0.39, 0.29) is 5.57 Å². The lowest BCUT2D eigenvalue weighted by Crippen LogP contribution is -2.16. The maximum Gasteiger partial charge on any atom is 0.153 e. The third-order valence-electron chi connectivity index (χ3n) is 3.74. The van der Waals surface area contributed by atoms with E-state index in [0.717, 1.165) is 22.4 Å². The van der Waals surface area contributed by atoms with Crippen molar-refractivity contribution in [2.75, 3.05) is 4.90 Å². The van der Waals surface area contributed by atoms with E-state index in [4.69, 9.17) is 0 Å². The minimum atomic E-state index is 0.156. The topological polar surface area (TPSA) is 50.8 Å². The Balaban J connectivity index is 2.25. The maximum atomic E-state index is 9.29. The van der Waals surface area contributed by atoms with E-state index in [1.807, 2.05) is 67.6 Å². The third-order valence-corrected chi connectivity index (χ3v) is 3.74. The Kier molecular flexibility index (Phi) is 3.18. The fourth-order valence-corrected chi connectivity index (χ4v) is 2.76. The van der Waals surface area contributed by atoms with Crippen LogP contribution in [0, 0.1) is 29.6 Å². The summed E-state index contributed by atoms with van der Waals surface area (Å²) < 4.78 is 0. The van der Waals surface area contributed by atoms with Crippen molar-refractivity contribution in [1.82, 2.24) is 0 Å². The molecule has 3 heteroatoms. The number of fused-ring (bicyclic) bond motifs is 1. The van der Waals surface area contributed by atoms with Gasteiger partial charge in [0.05, 0.1) is 5.70 Å². The van der Waals surface area contributed by atoms with Crippen LogP contribution < -0.4 is 4.90 Å². The number of nitriles is 2. The molecule has 1 aliphatic rings. The van der Waals surface area contributed by atoms with Gasteiger partial charge in [-0.1, -0.05) is 42.5 Å². The van der Waals surface area contributed by atoms with Crippen LogP contribution >= 0.6 is 0 Å². The van der Waals surface area contributed by atoms with Gasteiger partial charge in [0.15, 0.2) is 5.57 Å². The lowest BCUT2D eigenvalue weighted by Gasteiger charge is -2.22. The molecule has 0 atom stereocenters. The fraction of sp³-hybridized carbons (Fsp3) is 0.111. The highest BCUT2D eigenvalue weighted by atomic mass is 15.2. The maximum absolute atomic E-state index is 9.29. The first kappa shape index (κ1) is 13.0. The highest BCUT2D eigenvalue weighted by Gasteiger charge is 2.28. The first-order valence-electron chi connectivity index (χ1n) is 6.72. The van der Waals surface area contributed by atoms with Crippen LogP contribution in [0.5, 0.6) is 0 Å². The molecule has 1 aliphatic heterocycles. The van der Waals surface area contributed by atoms with E-state index in [1.165, 1.54) is 0 Å². The number of para-hydroxylation sites is 1. The average Bonchev–Trinajstić information content (AvgIpc) is 2.89. The van der Waals surface area contributed by atoms with Crippen LogP contribution in [-0.4, -0.2) is 0 Å². The van der Waals surface area contributed by atoms with E-state index in [1.54, 1.807) is 0 Å². The van der Waals surface area contributed by atoms with E-state index in [2.05, 4.69) is 4.90 Å². The second-order valence-electron chi connectivity index (χ2n) is 4.98. The number of hydrogen-bond acceptors (Lipinski definition) is 3. The summed E-state index contributed by atoms with van der Waals surface area (Å²) in [5.41, 5.74) is 5.13. The first-order chi connectivity index (χ1) is 10.3. The molecule has 0 saturated carbocycles. The molecule has 0 radical (unpaired) electrons. The number of aryl methyl sites for hydroxylation is 1. The van der Waals surface area contributed by atoms with Gasteiger partial charge in [-0.3, -0.25) is 0 Å². The van der Waals surface area contributed by atoms with Crippen LogP contribution in [0.4, 0.5) is 5.69 Å². The van der Waals surface area contributed by atoms with Gasteiger partial charge in [0, 0.05) is 17.8 Å². The van der Waals surface area contributed by atoms with Crippen LogP contribution in [0.2, 0.25) is 0 Å². The van der Waals surface area contributed by atoms with Gasteiger partial charge in [-0.15, -0.1) is 0 Å². The van der Waals surface area contributed by atoms with E-state index >= 15 is 0 Å². The van der Waals surface area contributed by atoms with Crippen molar-refractivity contribution in [3.63, 3.8) is 0 Å². The molecule has 0 unspecified atom stereocenters. The zero-order valence-corrected chi connectivity index (χ0v) is 11.7. The summed E-state index contributed by atoms with van der Waals surface area (Å²) in [6, 6.07) is 20.0.